The Bertz CT molecular complexity index is 907. The second-order valence-electron chi connectivity index (χ2n) is 7.41. The third-order valence-corrected chi connectivity index (χ3v) is 5.90. The highest BCUT2D eigenvalue weighted by atomic mass is 16.3. The minimum Gasteiger partial charge on any atom is -0.396 e. The summed E-state index contributed by atoms with van der Waals surface area (Å²) in [6.45, 7) is 0.390. The van der Waals surface area contributed by atoms with Gasteiger partial charge in [0.2, 0.25) is 0 Å². The van der Waals surface area contributed by atoms with Gasteiger partial charge in [0.25, 0.3) is 0 Å². The van der Waals surface area contributed by atoms with Gasteiger partial charge in [-0.3, -0.25) is 0 Å². The molecule has 1 aliphatic rings. The molecule has 0 unspecified atom stereocenters. The van der Waals surface area contributed by atoms with E-state index in [9.17, 15) is 10.2 Å². The van der Waals surface area contributed by atoms with Crippen molar-refractivity contribution in [3.63, 3.8) is 0 Å². The summed E-state index contributed by atoms with van der Waals surface area (Å²) in [5.41, 5.74) is 7.60. The predicted molar refractivity (Wildman–Crippen MR) is 111 cm³/mol. The Kier molecular flexibility index (Phi) is 5.11. The molecule has 0 aliphatic heterocycles. The molecule has 0 radical (unpaired) electrons. The Morgan fingerprint density at radius 3 is 1.93 bits per heavy atom. The third kappa shape index (κ3) is 3.09. The lowest BCUT2D eigenvalue weighted by Gasteiger charge is -2.32. The molecule has 0 bridgehead atoms. The van der Waals surface area contributed by atoms with Gasteiger partial charge in [0.05, 0.1) is 0 Å². The van der Waals surface area contributed by atoms with Gasteiger partial charge >= 0.3 is 0 Å². The van der Waals surface area contributed by atoms with E-state index in [0.717, 1.165) is 25.7 Å². The van der Waals surface area contributed by atoms with Crippen molar-refractivity contribution in [1.82, 2.24) is 0 Å². The molecular formula is C25H26O2. The average Bonchev–Trinajstić information content (AvgIpc) is 3.01. The molecule has 4 rings (SSSR count). The van der Waals surface area contributed by atoms with Gasteiger partial charge in [-0.2, -0.15) is 0 Å². The third-order valence-electron chi connectivity index (χ3n) is 5.90. The summed E-state index contributed by atoms with van der Waals surface area (Å²) in [7, 11) is 0. The molecule has 2 nitrogen and oxygen atoms in total. The first-order valence-corrected chi connectivity index (χ1v) is 9.82. The minimum absolute atomic E-state index is 0.118. The summed E-state index contributed by atoms with van der Waals surface area (Å²) in [6, 6.07) is 25.9. The molecule has 0 aromatic heterocycles. The van der Waals surface area contributed by atoms with Gasteiger partial charge in [-0.15, -0.1) is 0 Å². The zero-order valence-electron chi connectivity index (χ0n) is 15.6. The highest BCUT2D eigenvalue weighted by molar-refractivity contribution is 5.84. The van der Waals surface area contributed by atoms with Crippen molar-refractivity contribution >= 4 is 0 Å². The molecule has 2 N–H and O–H groups in total. The molecule has 0 heterocycles. The van der Waals surface area contributed by atoms with Crippen LogP contribution in [0.2, 0.25) is 0 Å². The van der Waals surface area contributed by atoms with Gasteiger partial charge in [-0.1, -0.05) is 66.7 Å². The minimum atomic E-state index is -0.118. The van der Waals surface area contributed by atoms with Crippen LogP contribution >= 0.6 is 0 Å². The van der Waals surface area contributed by atoms with E-state index in [-0.39, 0.29) is 18.6 Å². The molecule has 3 aromatic rings. The highest BCUT2D eigenvalue weighted by Crippen LogP contribution is 2.54. The summed E-state index contributed by atoms with van der Waals surface area (Å²) >= 11 is 0. The van der Waals surface area contributed by atoms with E-state index in [0.29, 0.717) is 0 Å². The van der Waals surface area contributed by atoms with E-state index >= 15 is 0 Å². The fourth-order valence-corrected chi connectivity index (χ4v) is 4.70. The van der Waals surface area contributed by atoms with Crippen molar-refractivity contribution in [3.05, 3.63) is 83.9 Å². The Morgan fingerprint density at radius 1 is 0.593 bits per heavy atom. The largest absolute Gasteiger partial charge is 0.396 e. The molecule has 27 heavy (non-hydrogen) atoms. The van der Waals surface area contributed by atoms with E-state index in [1.54, 1.807) is 0 Å². The van der Waals surface area contributed by atoms with Crippen molar-refractivity contribution in [2.24, 2.45) is 0 Å². The second kappa shape index (κ2) is 7.67. The summed E-state index contributed by atoms with van der Waals surface area (Å²) < 4.78 is 0. The summed E-state index contributed by atoms with van der Waals surface area (Å²) in [5, 5.41) is 19.0. The maximum atomic E-state index is 9.51. The monoisotopic (exact) mass is 358 g/mol. The predicted octanol–water partition coefficient (Wildman–Crippen LogP) is 5.17. The SMILES string of the molecule is OCCCC1(CCCO)c2ccccc2-c2cc(-c3ccccc3)ccc21. The smallest absolute Gasteiger partial charge is 0.0431 e. The van der Waals surface area contributed by atoms with E-state index < -0.39 is 0 Å². The molecule has 1 aliphatic carbocycles. The maximum absolute atomic E-state index is 9.51. The zero-order chi connectivity index (χ0) is 18.7. The van der Waals surface area contributed by atoms with Crippen LogP contribution in [-0.4, -0.2) is 23.4 Å². The second-order valence-corrected chi connectivity index (χ2v) is 7.41. The molecule has 0 saturated carbocycles. The lowest BCUT2D eigenvalue weighted by molar-refractivity contribution is 0.247. The van der Waals surface area contributed by atoms with E-state index in [1.165, 1.54) is 33.4 Å². The van der Waals surface area contributed by atoms with E-state index in [2.05, 4.69) is 66.7 Å². The molecule has 0 amide bonds. The molecule has 0 spiro atoms. The van der Waals surface area contributed by atoms with Crippen molar-refractivity contribution in [2.75, 3.05) is 13.2 Å². The van der Waals surface area contributed by atoms with Gasteiger partial charge in [-0.25, -0.2) is 0 Å². The fraction of sp³-hybridized carbons (Fsp3) is 0.280. The highest BCUT2D eigenvalue weighted by Gasteiger charge is 2.42. The molecule has 3 aromatic carbocycles. The van der Waals surface area contributed by atoms with Gasteiger partial charge in [-0.05, 0) is 65.1 Å². The standard InChI is InChI=1S/C25H26O2/c26-16-6-14-25(15-7-17-27)23-11-5-4-10-21(23)22-18-20(12-13-24(22)25)19-8-2-1-3-9-19/h1-5,8-13,18,26-27H,6-7,14-17H2. The lowest BCUT2D eigenvalue weighted by atomic mass is 9.71. The Hall–Kier alpha value is -2.42. The first-order valence-electron chi connectivity index (χ1n) is 9.82. The number of hydrogen-bond acceptors (Lipinski definition) is 2. The first-order chi connectivity index (χ1) is 13.3. The van der Waals surface area contributed by atoms with Crippen LogP contribution < -0.4 is 0 Å². The first kappa shape index (κ1) is 18.0. The number of aliphatic hydroxyl groups excluding tert-OH is 2. The van der Waals surface area contributed by atoms with Crippen molar-refractivity contribution in [3.8, 4) is 22.3 Å². The number of benzene rings is 3. The quantitative estimate of drug-likeness (QED) is 0.612. The average molecular weight is 358 g/mol. The number of rotatable bonds is 7. The summed E-state index contributed by atoms with van der Waals surface area (Å²) in [6.07, 6.45) is 3.33. The zero-order valence-corrected chi connectivity index (χ0v) is 15.6. The van der Waals surface area contributed by atoms with Gasteiger partial charge in [0, 0.05) is 18.6 Å². The Labute approximate surface area is 161 Å². The van der Waals surface area contributed by atoms with Crippen molar-refractivity contribution < 1.29 is 10.2 Å². The molecule has 0 saturated heterocycles. The maximum Gasteiger partial charge on any atom is 0.0431 e. The van der Waals surface area contributed by atoms with Gasteiger partial charge in [0.15, 0.2) is 0 Å². The lowest BCUT2D eigenvalue weighted by Crippen LogP contribution is -2.26. The van der Waals surface area contributed by atoms with Crippen LogP contribution in [0.4, 0.5) is 0 Å². The molecular weight excluding hydrogens is 332 g/mol. The number of fused-ring (bicyclic) bond motifs is 3. The van der Waals surface area contributed by atoms with Crippen LogP contribution in [0.3, 0.4) is 0 Å². The van der Waals surface area contributed by atoms with Gasteiger partial charge in [0.1, 0.15) is 0 Å². The van der Waals surface area contributed by atoms with E-state index in [1.807, 2.05) is 6.07 Å². The fourth-order valence-electron chi connectivity index (χ4n) is 4.70. The summed E-state index contributed by atoms with van der Waals surface area (Å²) in [5.74, 6) is 0. The van der Waals surface area contributed by atoms with Crippen LogP contribution in [0.5, 0.6) is 0 Å². The van der Waals surface area contributed by atoms with Crippen molar-refractivity contribution in [1.29, 1.82) is 0 Å². The van der Waals surface area contributed by atoms with Crippen LogP contribution in [0, 0.1) is 0 Å². The number of hydrogen-bond donors (Lipinski definition) is 2. The summed E-state index contributed by atoms with van der Waals surface area (Å²) in [4.78, 5) is 0. The van der Waals surface area contributed by atoms with Crippen LogP contribution in [0.25, 0.3) is 22.3 Å². The molecule has 0 fully saturated rings. The molecule has 138 valence electrons. The Balaban J connectivity index is 1.89. The van der Waals surface area contributed by atoms with Crippen molar-refractivity contribution in [2.45, 2.75) is 31.1 Å². The Morgan fingerprint density at radius 2 is 1.22 bits per heavy atom. The normalized spacial score (nSPS) is 14.0. The number of aliphatic hydroxyl groups is 2. The molecule has 2 heteroatoms. The van der Waals surface area contributed by atoms with Gasteiger partial charge < -0.3 is 10.2 Å². The van der Waals surface area contributed by atoms with Crippen LogP contribution in [0.1, 0.15) is 36.8 Å². The van der Waals surface area contributed by atoms with Crippen LogP contribution in [-0.2, 0) is 5.41 Å². The van der Waals surface area contributed by atoms with E-state index in [4.69, 9.17) is 0 Å². The van der Waals surface area contributed by atoms with Crippen LogP contribution in [0.15, 0.2) is 72.8 Å². The topological polar surface area (TPSA) is 40.5 Å². The molecule has 0 atom stereocenters.